The standard InChI is InChI=1S/C65H47N3/c1-66-60-19-11-9-17-52(60)56-35-41(22-31-62(56)66)21-28-49-50-29-23-44(42-13-5-3-6-14-42)36-54(50)55-37-46(24-30-51(49)55)47-26-33-65-58(39-47)57-38-45(43-15-7-4-8-16-43)25-32-64(57)68(65)48-27-34-63-59(40-48)53-18-10-12-20-61(53)67(63)2/h3-20,22-27,29-40,49H,21,28H2,1-2H3. The summed E-state index contributed by atoms with van der Waals surface area (Å²) in [5, 5.41) is 7.72. The summed E-state index contributed by atoms with van der Waals surface area (Å²) in [6.45, 7) is 0. The zero-order chi connectivity index (χ0) is 45.0. The first-order valence-electron chi connectivity index (χ1n) is 24.0. The van der Waals surface area contributed by atoms with E-state index in [4.69, 9.17) is 0 Å². The summed E-state index contributed by atoms with van der Waals surface area (Å²) >= 11 is 0. The summed E-state index contributed by atoms with van der Waals surface area (Å²) in [5.74, 6) is 0.304. The molecule has 3 aromatic heterocycles. The van der Waals surface area contributed by atoms with Crippen LogP contribution in [0, 0.1) is 0 Å². The number of para-hydroxylation sites is 2. The third kappa shape index (κ3) is 5.92. The van der Waals surface area contributed by atoms with Crippen molar-refractivity contribution in [2.24, 2.45) is 14.1 Å². The Morgan fingerprint density at radius 3 is 1.34 bits per heavy atom. The summed E-state index contributed by atoms with van der Waals surface area (Å²) in [6, 6.07) is 81.8. The second kappa shape index (κ2) is 15.1. The molecule has 1 aliphatic rings. The highest BCUT2D eigenvalue weighted by Gasteiger charge is 2.30. The van der Waals surface area contributed by atoms with Crippen LogP contribution in [0.5, 0.6) is 0 Å². The predicted octanol–water partition coefficient (Wildman–Crippen LogP) is 16.8. The number of nitrogens with zero attached hydrogens (tertiary/aromatic N) is 3. The zero-order valence-electron chi connectivity index (χ0n) is 38.1. The fourth-order valence-corrected chi connectivity index (χ4v) is 11.9. The number of hydrogen-bond donors (Lipinski definition) is 0. The van der Waals surface area contributed by atoms with Gasteiger partial charge in [0.1, 0.15) is 0 Å². The SMILES string of the molecule is Cn1c2ccccc2c2cc(CCC3c4ccc(-c5ccccc5)cc4-c4cc(-c5ccc6c(c5)c5cc(-c7ccccc7)ccc5n6-c5ccc6c(c5)c5ccccc5n6C)ccc43)ccc21. The van der Waals surface area contributed by atoms with Crippen molar-refractivity contribution in [2.45, 2.75) is 18.8 Å². The zero-order valence-corrected chi connectivity index (χ0v) is 38.1. The van der Waals surface area contributed by atoms with Gasteiger partial charge in [-0.2, -0.15) is 0 Å². The molecule has 0 aliphatic heterocycles. The van der Waals surface area contributed by atoms with Crippen molar-refractivity contribution in [3.8, 4) is 50.2 Å². The van der Waals surface area contributed by atoms with Gasteiger partial charge in [-0.1, -0.05) is 140 Å². The first kappa shape index (κ1) is 38.8. The van der Waals surface area contributed by atoms with E-state index in [9.17, 15) is 0 Å². The van der Waals surface area contributed by atoms with Gasteiger partial charge in [0.25, 0.3) is 0 Å². The predicted molar refractivity (Wildman–Crippen MR) is 287 cm³/mol. The molecule has 1 atom stereocenters. The Morgan fingerprint density at radius 2 is 0.750 bits per heavy atom. The van der Waals surface area contributed by atoms with E-state index >= 15 is 0 Å². The minimum absolute atomic E-state index is 0.304. The van der Waals surface area contributed by atoms with Crippen LogP contribution < -0.4 is 0 Å². The number of rotatable bonds is 7. The van der Waals surface area contributed by atoms with E-state index in [2.05, 4.69) is 246 Å². The van der Waals surface area contributed by atoms with Gasteiger partial charge in [0.2, 0.25) is 0 Å². The molecule has 14 rings (SSSR count). The molecule has 68 heavy (non-hydrogen) atoms. The van der Waals surface area contributed by atoms with Crippen molar-refractivity contribution in [3.05, 3.63) is 235 Å². The lowest BCUT2D eigenvalue weighted by Crippen LogP contribution is -2.00. The maximum atomic E-state index is 2.48. The highest BCUT2D eigenvalue weighted by Crippen LogP contribution is 2.50. The molecule has 0 saturated heterocycles. The molecule has 3 nitrogen and oxygen atoms in total. The summed E-state index contributed by atoms with van der Waals surface area (Å²) in [5.41, 5.74) is 23.0. The highest BCUT2D eigenvalue weighted by atomic mass is 15.0. The van der Waals surface area contributed by atoms with E-state index in [1.165, 1.54) is 132 Å². The molecular weight excluding hydrogens is 823 g/mol. The van der Waals surface area contributed by atoms with Gasteiger partial charge in [-0.25, -0.2) is 0 Å². The Hall–Kier alpha value is -8.40. The molecule has 0 fully saturated rings. The fourth-order valence-electron chi connectivity index (χ4n) is 11.9. The van der Waals surface area contributed by atoms with Crippen molar-refractivity contribution in [3.63, 3.8) is 0 Å². The molecule has 13 aromatic rings. The topological polar surface area (TPSA) is 14.8 Å². The number of benzene rings is 10. The molecule has 322 valence electrons. The molecular formula is C65H47N3. The summed E-state index contributed by atoms with van der Waals surface area (Å²) < 4.78 is 7.10. The lowest BCUT2D eigenvalue weighted by Gasteiger charge is -2.15. The van der Waals surface area contributed by atoms with E-state index in [0.29, 0.717) is 5.92 Å². The van der Waals surface area contributed by atoms with Crippen LogP contribution >= 0.6 is 0 Å². The van der Waals surface area contributed by atoms with Crippen LogP contribution in [0.2, 0.25) is 0 Å². The van der Waals surface area contributed by atoms with Crippen LogP contribution in [0.15, 0.2) is 218 Å². The van der Waals surface area contributed by atoms with Gasteiger partial charge in [-0.3, -0.25) is 0 Å². The quantitative estimate of drug-likeness (QED) is 0.152. The van der Waals surface area contributed by atoms with Crippen LogP contribution in [0.25, 0.3) is 116 Å². The highest BCUT2D eigenvalue weighted by molar-refractivity contribution is 6.13. The van der Waals surface area contributed by atoms with Gasteiger partial charge in [-0.05, 0) is 153 Å². The molecule has 1 unspecified atom stereocenters. The van der Waals surface area contributed by atoms with Gasteiger partial charge in [-0.15, -0.1) is 0 Å². The first-order chi connectivity index (χ1) is 33.5. The fraction of sp³-hybridized carbons (Fsp3) is 0.0769. The molecule has 3 heteroatoms. The molecule has 0 radical (unpaired) electrons. The van der Waals surface area contributed by atoms with E-state index < -0.39 is 0 Å². The second-order valence-corrected chi connectivity index (χ2v) is 18.9. The molecule has 0 bridgehead atoms. The minimum atomic E-state index is 0.304. The average Bonchev–Trinajstić information content (AvgIpc) is 4.09. The Labute approximate surface area is 395 Å². The number of fused-ring (bicyclic) bond motifs is 12. The number of aryl methyl sites for hydroxylation is 3. The molecule has 0 spiro atoms. The average molecular weight is 870 g/mol. The Balaban J connectivity index is 0.901. The van der Waals surface area contributed by atoms with Gasteiger partial charge in [0, 0.05) is 80.1 Å². The van der Waals surface area contributed by atoms with Crippen LogP contribution in [-0.4, -0.2) is 13.7 Å². The summed E-state index contributed by atoms with van der Waals surface area (Å²) in [7, 11) is 4.35. The number of aromatic nitrogens is 3. The third-order valence-electron chi connectivity index (χ3n) is 15.3. The summed E-state index contributed by atoms with van der Waals surface area (Å²) in [6.07, 6.45) is 2.05. The van der Waals surface area contributed by atoms with Crippen molar-refractivity contribution in [2.75, 3.05) is 0 Å². The molecule has 0 N–H and O–H groups in total. The van der Waals surface area contributed by atoms with Crippen LogP contribution in [0.1, 0.15) is 29.0 Å². The molecule has 10 aromatic carbocycles. The van der Waals surface area contributed by atoms with Crippen molar-refractivity contribution in [1.82, 2.24) is 13.7 Å². The van der Waals surface area contributed by atoms with Crippen molar-refractivity contribution >= 4 is 65.4 Å². The van der Waals surface area contributed by atoms with Gasteiger partial charge in [0.05, 0.1) is 11.0 Å². The lowest BCUT2D eigenvalue weighted by molar-refractivity contribution is 0.730. The Bertz CT molecular complexity index is 4160. The maximum absolute atomic E-state index is 2.48. The van der Waals surface area contributed by atoms with Crippen LogP contribution in [0.4, 0.5) is 0 Å². The summed E-state index contributed by atoms with van der Waals surface area (Å²) in [4.78, 5) is 0. The molecule has 0 amide bonds. The Kier molecular flexibility index (Phi) is 8.60. The van der Waals surface area contributed by atoms with Crippen LogP contribution in [-0.2, 0) is 20.5 Å². The van der Waals surface area contributed by atoms with E-state index in [1.807, 2.05) is 0 Å². The normalized spacial score (nSPS) is 13.4. The van der Waals surface area contributed by atoms with Crippen molar-refractivity contribution < 1.29 is 0 Å². The molecule has 0 saturated carbocycles. The Morgan fingerprint density at radius 1 is 0.324 bits per heavy atom. The molecule has 1 aliphatic carbocycles. The van der Waals surface area contributed by atoms with Crippen molar-refractivity contribution in [1.29, 1.82) is 0 Å². The molecule has 3 heterocycles. The third-order valence-corrected chi connectivity index (χ3v) is 15.3. The van der Waals surface area contributed by atoms with Gasteiger partial charge in [0.15, 0.2) is 0 Å². The first-order valence-corrected chi connectivity index (χ1v) is 24.0. The smallest absolute Gasteiger partial charge is 0.0541 e. The monoisotopic (exact) mass is 869 g/mol. The van der Waals surface area contributed by atoms with Gasteiger partial charge >= 0.3 is 0 Å². The van der Waals surface area contributed by atoms with E-state index in [0.717, 1.165) is 12.8 Å². The van der Waals surface area contributed by atoms with Gasteiger partial charge < -0.3 is 13.7 Å². The largest absolute Gasteiger partial charge is 0.344 e. The lowest BCUT2D eigenvalue weighted by atomic mass is 9.89. The van der Waals surface area contributed by atoms with Crippen LogP contribution in [0.3, 0.4) is 0 Å². The number of hydrogen-bond acceptors (Lipinski definition) is 0. The minimum Gasteiger partial charge on any atom is -0.344 e. The van der Waals surface area contributed by atoms with E-state index in [1.54, 1.807) is 0 Å². The second-order valence-electron chi connectivity index (χ2n) is 18.9. The maximum Gasteiger partial charge on any atom is 0.0541 e. The van der Waals surface area contributed by atoms with E-state index in [-0.39, 0.29) is 0 Å².